The van der Waals surface area contributed by atoms with Crippen LogP contribution in [0, 0.1) is 20.8 Å². The van der Waals surface area contributed by atoms with Crippen LogP contribution in [0.5, 0.6) is 0 Å². The molecular weight excluding hydrogens is 216 g/mol. The largest absolute Gasteiger partial charge is 0.368 e. The van der Waals surface area contributed by atoms with Gasteiger partial charge in [0.25, 0.3) is 0 Å². The molecule has 1 heterocycles. The lowest BCUT2D eigenvalue weighted by Crippen LogP contribution is -2.16. The zero-order chi connectivity index (χ0) is 12.6. The van der Waals surface area contributed by atoms with Crippen molar-refractivity contribution in [3.8, 4) is 11.4 Å². The van der Waals surface area contributed by atoms with Gasteiger partial charge in [-0.3, -0.25) is 4.98 Å². The van der Waals surface area contributed by atoms with Crippen molar-refractivity contribution in [3.05, 3.63) is 39.3 Å². The van der Waals surface area contributed by atoms with Gasteiger partial charge in [-0.05, 0) is 31.9 Å². The summed E-state index contributed by atoms with van der Waals surface area (Å²) in [6, 6.07) is 4.08. The van der Waals surface area contributed by atoms with Crippen molar-refractivity contribution >= 4 is 5.95 Å². The number of nitrogens with zero attached hydrogens (tertiary/aromatic N) is 2. The first kappa shape index (κ1) is 11.3. The van der Waals surface area contributed by atoms with E-state index in [2.05, 4.69) is 15.0 Å². The molecule has 17 heavy (non-hydrogen) atoms. The molecule has 0 saturated carbocycles. The summed E-state index contributed by atoms with van der Waals surface area (Å²) in [5.41, 5.74) is 9.19. The fourth-order valence-electron chi connectivity index (χ4n) is 2.07. The smallest absolute Gasteiger partial charge is 0.349 e. The van der Waals surface area contributed by atoms with Crippen LogP contribution in [0.3, 0.4) is 0 Å². The third kappa shape index (κ3) is 2.18. The zero-order valence-electron chi connectivity index (χ0n) is 10.0. The maximum absolute atomic E-state index is 11.3. The molecule has 88 valence electrons. The van der Waals surface area contributed by atoms with Gasteiger partial charge in [0.2, 0.25) is 5.95 Å². The fraction of sp³-hybridized carbons (Fsp3) is 0.250. The molecule has 0 saturated heterocycles. The molecule has 0 atom stereocenters. The Hall–Kier alpha value is -2.17. The molecule has 0 bridgehead atoms. The Balaban J connectivity index is 2.72. The summed E-state index contributed by atoms with van der Waals surface area (Å²) in [5.74, 6) is 0.459. The second kappa shape index (κ2) is 4.01. The lowest BCUT2D eigenvalue weighted by atomic mass is 9.99. The molecular formula is C12H14N4O. The van der Waals surface area contributed by atoms with E-state index in [1.54, 1.807) is 0 Å². The number of aryl methyl sites for hydroxylation is 3. The van der Waals surface area contributed by atoms with Crippen LogP contribution in [0.25, 0.3) is 11.4 Å². The normalized spacial score (nSPS) is 10.5. The fourth-order valence-corrected chi connectivity index (χ4v) is 2.07. The number of nitrogens with one attached hydrogen (secondary N) is 1. The molecule has 5 nitrogen and oxygen atoms in total. The number of nitrogens with two attached hydrogens (primary N) is 1. The number of hydrogen-bond donors (Lipinski definition) is 2. The van der Waals surface area contributed by atoms with Crippen molar-refractivity contribution in [2.24, 2.45) is 0 Å². The molecule has 2 aromatic rings. The molecule has 0 fully saturated rings. The van der Waals surface area contributed by atoms with Gasteiger partial charge in [-0.2, -0.15) is 9.97 Å². The highest BCUT2D eigenvalue weighted by Crippen LogP contribution is 2.24. The molecule has 3 N–H and O–H groups in total. The van der Waals surface area contributed by atoms with Crippen LogP contribution in [0.1, 0.15) is 16.7 Å². The lowest BCUT2D eigenvalue weighted by Gasteiger charge is -2.10. The minimum atomic E-state index is -0.480. The van der Waals surface area contributed by atoms with Gasteiger partial charge in [0.05, 0.1) is 0 Å². The molecule has 0 spiro atoms. The summed E-state index contributed by atoms with van der Waals surface area (Å²) in [4.78, 5) is 21.5. The topological polar surface area (TPSA) is 84.7 Å². The summed E-state index contributed by atoms with van der Waals surface area (Å²) >= 11 is 0. The van der Waals surface area contributed by atoms with Crippen molar-refractivity contribution in [1.82, 2.24) is 15.0 Å². The maximum atomic E-state index is 11.3. The van der Waals surface area contributed by atoms with E-state index in [9.17, 15) is 4.79 Å². The quantitative estimate of drug-likeness (QED) is 0.774. The first-order valence-corrected chi connectivity index (χ1v) is 5.29. The van der Waals surface area contributed by atoms with E-state index in [-0.39, 0.29) is 5.95 Å². The van der Waals surface area contributed by atoms with Crippen molar-refractivity contribution < 1.29 is 0 Å². The lowest BCUT2D eigenvalue weighted by molar-refractivity contribution is 1.00. The Morgan fingerprint density at radius 3 is 2.24 bits per heavy atom. The Kier molecular flexibility index (Phi) is 2.67. The van der Waals surface area contributed by atoms with Crippen LogP contribution < -0.4 is 11.4 Å². The number of nitrogen functional groups attached to an aromatic ring is 1. The van der Waals surface area contributed by atoms with Gasteiger partial charge >= 0.3 is 5.69 Å². The monoisotopic (exact) mass is 230 g/mol. The first-order valence-electron chi connectivity index (χ1n) is 5.29. The van der Waals surface area contributed by atoms with E-state index in [0.29, 0.717) is 5.82 Å². The highest BCUT2D eigenvalue weighted by molar-refractivity contribution is 5.65. The van der Waals surface area contributed by atoms with Gasteiger partial charge in [-0.1, -0.05) is 17.7 Å². The number of hydrogen-bond acceptors (Lipinski definition) is 4. The molecule has 2 rings (SSSR count). The minimum Gasteiger partial charge on any atom is -0.368 e. The van der Waals surface area contributed by atoms with Crippen molar-refractivity contribution in [3.63, 3.8) is 0 Å². The number of aromatic amines is 1. The van der Waals surface area contributed by atoms with Crippen molar-refractivity contribution in [1.29, 1.82) is 0 Å². The van der Waals surface area contributed by atoms with Gasteiger partial charge in [0, 0.05) is 5.56 Å². The molecule has 0 amide bonds. The van der Waals surface area contributed by atoms with Gasteiger partial charge in [-0.15, -0.1) is 0 Å². The highest BCUT2D eigenvalue weighted by atomic mass is 16.1. The molecule has 0 aliphatic heterocycles. The summed E-state index contributed by atoms with van der Waals surface area (Å²) in [6.45, 7) is 5.98. The molecule has 0 unspecified atom stereocenters. The Morgan fingerprint density at radius 2 is 1.71 bits per heavy atom. The van der Waals surface area contributed by atoms with Gasteiger partial charge in [0.1, 0.15) is 5.82 Å². The van der Waals surface area contributed by atoms with E-state index >= 15 is 0 Å². The Bertz CT molecular complexity index is 608. The van der Waals surface area contributed by atoms with Crippen LogP contribution in [0.4, 0.5) is 5.95 Å². The van der Waals surface area contributed by atoms with E-state index < -0.39 is 5.69 Å². The summed E-state index contributed by atoms with van der Waals surface area (Å²) in [7, 11) is 0. The Labute approximate surface area is 98.7 Å². The predicted molar refractivity (Wildman–Crippen MR) is 66.7 cm³/mol. The molecule has 0 radical (unpaired) electrons. The van der Waals surface area contributed by atoms with Crippen molar-refractivity contribution in [2.45, 2.75) is 20.8 Å². The third-order valence-corrected chi connectivity index (χ3v) is 2.58. The van der Waals surface area contributed by atoms with Crippen LogP contribution in [-0.2, 0) is 0 Å². The SMILES string of the molecule is Cc1cc(C)c(-c2nc(N)nc(=O)[nH]2)c(C)c1. The standard InChI is InChI=1S/C12H14N4O/c1-6-4-7(2)9(8(3)5-6)10-14-11(13)16-12(17)15-10/h4-5H,1-3H3,(H3,13,14,15,16,17). The highest BCUT2D eigenvalue weighted by Gasteiger charge is 2.10. The number of rotatable bonds is 1. The maximum Gasteiger partial charge on any atom is 0.349 e. The summed E-state index contributed by atoms with van der Waals surface area (Å²) in [5, 5.41) is 0. The van der Waals surface area contributed by atoms with E-state index in [1.165, 1.54) is 5.56 Å². The van der Waals surface area contributed by atoms with Crippen LogP contribution in [-0.4, -0.2) is 15.0 Å². The number of aromatic nitrogens is 3. The van der Waals surface area contributed by atoms with Crippen LogP contribution in [0.15, 0.2) is 16.9 Å². The zero-order valence-corrected chi connectivity index (χ0v) is 10.0. The minimum absolute atomic E-state index is 0.0110. The average molecular weight is 230 g/mol. The Morgan fingerprint density at radius 1 is 1.12 bits per heavy atom. The predicted octanol–water partition coefficient (Wildman–Crippen LogP) is 1.34. The summed E-state index contributed by atoms with van der Waals surface area (Å²) < 4.78 is 0. The van der Waals surface area contributed by atoms with E-state index in [4.69, 9.17) is 5.73 Å². The average Bonchev–Trinajstić information content (AvgIpc) is 2.13. The molecule has 0 aliphatic carbocycles. The van der Waals surface area contributed by atoms with Crippen molar-refractivity contribution in [2.75, 3.05) is 5.73 Å². The third-order valence-electron chi connectivity index (χ3n) is 2.58. The van der Waals surface area contributed by atoms with Crippen LogP contribution in [0.2, 0.25) is 0 Å². The van der Waals surface area contributed by atoms with Crippen LogP contribution >= 0.6 is 0 Å². The van der Waals surface area contributed by atoms with E-state index in [1.807, 2.05) is 32.9 Å². The molecule has 5 heteroatoms. The van der Waals surface area contributed by atoms with Gasteiger partial charge in [0.15, 0.2) is 0 Å². The summed E-state index contributed by atoms with van der Waals surface area (Å²) in [6.07, 6.45) is 0. The second-order valence-corrected chi connectivity index (χ2v) is 4.13. The second-order valence-electron chi connectivity index (χ2n) is 4.13. The number of anilines is 1. The molecule has 1 aromatic heterocycles. The van der Waals surface area contributed by atoms with Gasteiger partial charge < -0.3 is 5.73 Å². The number of benzene rings is 1. The number of H-pyrrole nitrogens is 1. The molecule has 1 aromatic carbocycles. The van der Waals surface area contributed by atoms with E-state index in [0.717, 1.165) is 16.7 Å². The molecule has 0 aliphatic rings. The van der Waals surface area contributed by atoms with Gasteiger partial charge in [-0.25, -0.2) is 4.79 Å². The first-order chi connectivity index (χ1) is 7.97.